The average Bonchev–Trinajstić information content (AvgIpc) is 3.16. The topological polar surface area (TPSA) is 107 Å². The summed E-state index contributed by atoms with van der Waals surface area (Å²) in [6, 6.07) is 12.2. The smallest absolute Gasteiger partial charge is 0.295 e. The highest BCUT2D eigenvalue weighted by molar-refractivity contribution is 6.42. The summed E-state index contributed by atoms with van der Waals surface area (Å²) >= 11 is 12.2. The third kappa shape index (κ3) is 8.16. The van der Waals surface area contributed by atoms with Gasteiger partial charge in [0.15, 0.2) is 6.79 Å². The molecule has 0 aliphatic carbocycles. The van der Waals surface area contributed by atoms with E-state index in [1.807, 2.05) is 77.1 Å². The number of para-hydroxylation sites is 1. The van der Waals surface area contributed by atoms with Crippen LogP contribution in [0.25, 0.3) is 5.69 Å². The van der Waals surface area contributed by atoms with Gasteiger partial charge < -0.3 is 25.0 Å². The number of nitrogens with one attached hydrogen (secondary N) is 2. The Morgan fingerprint density at radius 2 is 1.74 bits per heavy atom. The number of carbonyl (C=O) groups excluding carboxylic acids is 2. The summed E-state index contributed by atoms with van der Waals surface area (Å²) in [5, 5.41) is 6.19. The number of amides is 2. The lowest BCUT2D eigenvalue weighted by atomic mass is 9.88. The number of anilines is 1. The van der Waals surface area contributed by atoms with Gasteiger partial charge in [-0.15, -0.1) is 0 Å². The highest BCUT2D eigenvalue weighted by Gasteiger charge is 2.29. The summed E-state index contributed by atoms with van der Waals surface area (Å²) in [5.74, 6) is -0.612. The Balaban J connectivity index is 1.80. The van der Waals surface area contributed by atoms with E-state index >= 15 is 0 Å². The Morgan fingerprint density at radius 1 is 1.10 bits per heavy atom. The SMILES string of the molecule is COCOc1cc(Cl)c(Cl)cc1C(=O)NCC(C)(C)CC(=O)Nc1c(C(C)CN(C)C)n(C)n(-c2ccccc2)c1=O. The van der Waals surface area contributed by atoms with Crippen LogP contribution in [0.1, 0.15) is 49.2 Å². The fraction of sp³-hybridized carbons (Fsp3) is 0.433. The van der Waals surface area contributed by atoms with Crippen molar-refractivity contribution in [1.82, 2.24) is 19.6 Å². The summed E-state index contributed by atoms with van der Waals surface area (Å²) in [4.78, 5) is 42.1. The van der Waals surface area contributed by atoms with E-state index in [9.17, 15) is 14.4 Å². The molecule has 1 unspecified atom stereocenters. The molecule has 0 radical (unpaired) electrons. The first-order chi connectivity index (χ1) is 19.8. The Bertz CT molecular complexity index is 1470. The van der Waals surface area contributed by atoms with Crippen molar-refractivity contribution in [3.05, 3.63) is 74.1 Å². The fourth-order valence-corrected chi connectivity index (χ4v) is 5.16. The maximum Gasteiger partial charge on any atom is 0.295 e. The zero-order valence-corrected chi connectivity index (χ0v) is 26.6. The third-order valence-electron chi connectivity index (χ3n) is 6.65. The predicted octanol–water partition coefficient (Wildman–Crippen LogP) is 4.92. The maximum absolute atomic E-state index is 13.6. The van der Waals surface area contributed by atoms with Crippen LogP contribution in [0.3, 0.4) is 0 Å². The molecule has 2 aromatic carbocycles. The van der Waals surface area contributed by atoms with E-state index < -0.39 is 11.3 Å². The second-order valence-corrected chi connectivity index (χ2v) is 12.1. The van der Waals surface area contributed by atoms with Crippen molar-refractivity contribution < 1.29 is 19.1 Å². The number of benzene rings is 2. The normalized spacial score (nSPS) is 12.3. The van der Waals surface area contributed by atoms with E-state index in [0.717, 1.165) is 5.69 Å². The fourth-order valence-electron chi connectivity index (χ4n) is 4.84. The molecule has 2 N–H and O–H groups in total. The van der Waals surface area contributed by atoms with E-state index in [2.05, 4.69) is 10.6 Å². The lowest BCUT2D eigenvalue weighted by Gasteiger charge is -2.25. The Hall–Kier alpha value is -3.31. The van der Waals surface area contributed by atoms with Gasteiger partial charge in [0.2, 0.25) is 5.91 Å². The van der Waals surface area contributed by atoms with Crippen LogP contribution in [0.15, 0.2) is 47.3 Å². The Kier molecular flexibility index (Phi) is 11.3. The van der Waals surface area contributed by atoms with E-state index in [-0.39, 0.29) is 64.2 Å². The number of likely N-dealkylation sites (N-methyl/N-ethyl adjacent to an activating group) is 1. The van der Waals surface area contributed by atoms with E-state index in [1.54, 1.807) is 9.36 Å². The monoisotopic (exact) mass is 619 g/mol. The van der Waals surface area contributed by atoms with Gasteiger partial charge in [-0.1, -0.05) is 62.2 Å². The first-order valence-electron chi connectivity index (χ1n) is 13.5. The summed E-state index contributed by atoms with van der Waals surface area (Å²) in [5.41, 5.74) is 0.880. The number of aromatic nitrogens is 2. The number of carbonyl (C=O) groups is 2. The molecular formula is C30H39Cl2N5O5. The van der Waals surface area contributed by atoms with Crippen LogP contribution in [0.2, 0.25) is 10.0 Å². The molecule has 3 aromatic rings. The van der Waals surface area contributed by atoms with Crippen molar-refractivity contribution in [2.45, 2.75) is 33.1 Å². The molecule has 228 valence electrons. The van der Waals surface area contributed by atoms with Crippen molar-refractivity contribution >= 4 is 40.7 Å². The predicted molar refractivity (Wildman–Crippen MR) is 166 cm³/mol. The van der Waals surface area contributed by atoms with Crippen LogP contribution in [-0.2, 0) is 16.6 Å². The first kappa shape index (κ1) is 33.2. The van der Waals surface area contributed by atoms with Gasteiger partial charge in [0, 0.05) is 45.7 Å². The highest BCUT2D eigenvalue weighted by atomic mass is 35.5. The molecule has 1 atom stereocenters. The van der Waals surface area contributed by atoms with Crippen molar-refractivity contribution in [3.63, 3.8) is 0 Å². The van der Waals surface area contributed by atoms with Crippen LogP contribution >= 0.6 is 23.2 Å². The number of hydrogen-bond donors (Lipinski definition) is 2. The zero-order valence-electron chi connectivity index (χ0n) is 25.1. The number of rotatable bonds is 13. The van der Waals surface area contributed by atoms with Gasteiger partial charge >= 0.3 is 0 Å². The van der Waals surface area contributed by atoms with Crippen molar-refractivity contribution in [1.29, 1.82) is 0 Å². The van der Waals surface area contributed by atoms with Gasteiger partial charge in [-0.25, -0.2) is 4.68 Å². The molecular weight excluding hydrogens is 581 g/mol. The van der Waals surface area contributed by atoms with Gasteiger partial charge in [-0.3, -0.25) is 19.1 Å². The van der Waals surface area contributed by atoms with E-state index in [4.69, 9.17) is 32.7 Å². The van der Waals surface area contributed by atoms with Gasteiger partial charge in [0.25, 0.3) is 11.5 Å². The van der Waals surface area contributed by atoms with Crippen molar-refractivity contribution in [3.8, 4) is 11.4 Å². The molecule has 0 spiro atoms. The third-order valence-corrected chi connectivity index (χ3v) is 7.37. The van der Waals surface area contributed by atoms with Crippen LogP contribution in [0, 0.1) is 5.41 Å². The Labute approximate surface area is 256 Å². The molecule has 0 bridgehead atoms. The van der Waals surface area contributed by atoms with Crippen LogP contribution in [-0.4, -0.2) is 67.2 Å². The van der Waals surface area contributed by atoms with Crippen LogP contribution in [0.5, 0.6) is 5.75 Å². The molecule has 0 aliphatic rings. The highest BCUT2D eigenvalue weighted by Crippen LogP contribution is 2.31. The molecule has 2 amide bonds. The summed E-state index contributed by atoms with van der Waals surface area (Å²) in [6.07, 6.45) is 0.0445. The maximum atomic E-state index is 13.6. The standard InChI is InChI=1S/C30H39Cl2N5O5/c1-19(16-35(4)5)27-26(29(40)37(36(27)6)20-11-9-8-10-12-20)34-25(38)15-30(2,3)17-33-28(39)21-13-22(31)23(32)14-24(21)42-18-41-7/h8-14,19H,15-18H2,1-7H3,(H,33,39)(H,34,38). The van der Waals surface area contributed by atoms with Crippen LogP contribution < -0.4 is 20.9 Å². The molecule has 0 aliphatic heterocycles. The lowest BCUT2D eigenvalue weighted by molar-refractivity contribution is -0.118. The van der Waals surface area contributed by atoms with Gasteiger partial charge in [-0.2, -0.15) is 0 Å². The second kappa shape index (κ2) is 14.2. The molecule has 0 saturated heterocycles. The molecule has 1 heterocycles. The van der Waals surface area contributed by atoms with Crippen molar-refractivity contribution in [2.24, 2.45) is 12.5 Å². The molecule has 0 saturated carbocycles. The lowest BCUT2D eigenvalue weighted by Crippen LogP contribution is -2.37. The number of ether oxygens (including phenoxy) is 2. The molecule has 1 aromatic heterocycles. The number of nitrogens with zero attached hydrogens (tertiary/aromatic N) is 3. The summed E-state index contributed by atoms with van der Waals surface area (Å²) in [7, 11) is 7.20. The van der Waals surface area contributed by atoms with Gasteiger partial charge in [0.05, 0.1) is 27.0 Å². The minimum Gasteiger partial charge on any atom is -0.467 e. The van der Waals surface area contributed by atoms with Crippen molar-refractivity contribution in [2.75, 3.05) is 46.4 Å². The largest absolute Gasteiger partial charge is 0.467 e. The molecule has 0 fully saturated rings. The zero-order chi connectivity index (χ0) is 31.2. The second-order valence-electron chi connectivity index (χ2n) is 11.3. The minimum absolute atomic E-state index is 0.0445. The molecule has 12 heteroatoms. The number of methoxy groups -OCH3 is 1. The summed E-state index contributed by atoms with van der Waals surface area (Å²) in [6.45, 7) is 6.49. The van der Waals surface area contributed by atoms with Gasteiger partial charge in [0.1, 0.15) is 11.4 Å². The number of hydrogen-bond acceptors (Lipinski definition) is 6. The molecule has 42 heavy (non-hydrogen) atoms. The van der Waals surface area contributed by atoms with E-state index in [0.29, 0.717) is 12.2 Å². The van der Waals surface area contributed by atoms with E-state index in [1.165, 1.54) is 19.2 Å². The van der Waals surface area contributed by atoms with Crippen LogP contribution in [0.4, 0.5) is 5.69 Å². The van der Waals surface area contributed by atoms with Gasteiger partial charge in [-0.05, 0) is 37.7 Å². The first-order valence-corrected chi connectivity index (χ1v) is 14.2. The Morgan fingerprint density at radius 3 is 2.36 bits per heavy atom. The molecule has 3 rings (SSSR count). The number of halogens is 2. The quantitative estimate of drug-likeness (QED) is 0.263. The summed E-state index contributed by atoms with van der Waals surface area (Å²) < 4.78 is 13.8. The minimum atomic E-state index is -0.661. The average molecular weight is 621 g/mol. The molecule has 10 nitrogen and oxygen atoms in total.